The summed E-state index contributed by atoms with van der Waals surface area (Å²) in [5.41, 5.74) is 5.76. The first-order chi connectivity index (χ1) is 8.86. The van der Waals surface area contributed by atoms with Crippen LogP contribution in [0, 0.1) is 5.41 Å². The molecule has 0 fully saturated rings. The zero-order chi connectivity index (χ0) is 14.2. The molecule has 1 amide bonds. The van der Waals surface area contributed by atoms with Gasteiger partial charge in [-0.15, -0.1) is 23.7 Å². The van der Waals surface area contributed by atoms with E-state index in [0.717, 1.165) is 24.2 Å². The van der Waals surface area contributed by atoms with E-state index in [9.17, 15) is 13.2 Å². The third-order valence-corrected chi connectivity index (χ3v) is 6.23. The lowest BCUT2D eigenvalue weighted by molar-refractivity contribution is -0.116. The molecule has 0 saturated carbocycles. The van der Waals surface area contributed by atoms with Gasteiger partial charge in [0.1, 0.15) is 15.8 Å². The minimum atomic E-state index is -3.59. The molecule has 0 atom stereocenters. The molecule has 0 spiro atoms. The third kappa shape index (κ3) is 2.97. The molecule has 3 N–H and O–H groups in total. The second-order valence-corrected chi connectivity index (χ2v) is 7.59. The number of nitrogens with one attached hydrogen (secondary N) is 1. The molecule has 1 aliphatic rings. The van der Waals surface area contributed by atoms with E-state index in [1.165, 1.54) is 11.0 Å². The number of halogens is 1. The van der Waals surface area contributed by atoms with E-state index in [1.54, 1.807) is 0 Å². The van der Waals surface area contributed by atoms with Crippen molar-refractivity contribution in [2.45, 2.75) is 24.0 Å². The Morgan fingerprint density at radius 2 is 2.20 bits per heavy atom. The summed E-state index contributed by atoms with van der Waals surface area (Å²) in [5, 5.41) is 7.39. The fourth-order valence-electron chi connectivity index (χ4n) is 1.91. The van der Waals surface area contributed by atoms with Crippen molar-refractivity contribution >= 4 is 51.0 Å². The van der Waals surface area contributed by atoms with Gasteiger partial charge in [0.25, 0.3) is 0 Å². The molecule has 6 nitrogen and oxygen atoms in total. The van der Waals surface area contributed by atoms with Gasteiger partial charge in [0.05, 0.1) is 10.6 Å². The Balaban J connectivity index is 0.00000200. The fraction of sp³-hybridized carbons (Fsp3) is 0.455. The topological polar surface area (TPSA) is 104 Å². The molecule has 0 aromatic carbocycles. The van der Waals surface area contributed by atoms with Gasteiger partial charge in [-0.1, -0.05) is 13.3 Å². The van der Waals surface area contributed by atoms with Crippen LogP contribution in [0.4, 0.5) is 5.69 Å². The second kappa shape index (κ2) is 6.11. The van der Waals surface area contributed by atoms with Crippen LogP contribution in [0.1, 0.15) is 24.6 Å². The van der Waals surface area contributed by atoms with Crippen LogP contribution < -0.4 is 10.6 Å². The maximum atomic E-state index is 12.0. The molecular formula is C11H16ClN3O3S2. The third-order valence-electron chi connectivity index (χ3n) is 2.87. The minimum Gasteiger partial charge on any atom is -0.383 e. The van der Waals surface area contributed by atoms with Crippen molar-refractivity contribution in [3.05, 3.63) is 10.9 Å². The van der Waals surface area contributed by atoms with Gasteiger partial charge in [0.15, 0.2) is 9.84 Å². The summed E-state index contributed by atoms with van der Waals surface area (Å²) in [7, 11) is -3.59. The molecule has 2 rings (SSSR count). The van der Waals surface area contributed by atoms with Crippen LogP contribution >= 0.6 is 23.7 Å². The maximum Gasteiger partial charge on any atom is 0.242 e. The maximum absolute atomic E-state index is 12.0. The van der Waals surface area contributed by atoms with Crippen LogP contribution in [0.15, 0.2) is 10.3 Å². The Bertz CT molecular complexity index is 639. The van der Waals surface area contributed by atoms with Crippen LogP contribution in [-0.4, -0.2) is 32.5 Å². The number of hydrogen-bond donors (Lipinski definition) is 2. The first-order valence-electron chi connectivity index (χ1n) is 5.88. The average Bonchev–Trinajstić information content (AvgIpc) is 2.74. The number of rotatable bonds is 4. The van der Waals surface area contributed by atoms with Gasteiger partial charge < -0.3 is 10.6 Å². The highest BCUT2D eigenvalue weighted by molar-refractivity contribution is 7.94. The van der Waals surface area contributed by atoms with Crippen LogP contribution in [0.2, 0.25) is 0 Å². The molecule has 0 aliphatic carbocycles. The van der Waals surface area contributed by atoms with Crippen molar-refractivity contribution in [3.8, 4) is 0 Å². The highest BCUT2D eigenvalue weighted by Crippen LogP contribution is 2.38. The lowest BCUT2D eigenvalue weighted by Gasteiger charge is -2.26. The van der Waals surface area contributed by atoms with E-state index in [0.29, 0.717) is 17.1 Å². The van der Waals surface area contributed by atoms with Gasteiger partial charge in [-0.3, -0.25) is 10.2 Å². The van der Waals surface area contributed by atoms with Crippen LogP contribution in [-0.2, 0) is 14.6 Å². The zero-order valence-electron chi connectivity index (χ0n) is 10.9. The van der Waals surface area contributed by atoms with Crippen LogP contribution in [0.25, 0.3) is 0 Å². The lowest BCUT2D eigenvalue weighted by Crippen LogP contribution is -2.40. The van der Waals surface area contributed by atoms with Crippen molar-refractivity contribution in [2.24, 2.45) is 5.73 Å². The van der Waals surface area contributed by atoms with Crippen molar-refractivity contribution in [3.63, 3.8) is 0 Å². The Morgan fingerprint density at radius 3 is 2.75 bits per heavy atom. The molecule has 0 radical (unpaired) electrons. The molecule has 0 saturated heterocycles. The van der Waals surface area contributed by atoms with Crippen molar-refractivity contribution in [2.75, 3.05) is 17.2 Å². The van der Waals surface area contributed by atoms with Crippen LogP contribution in [0.5, 0.6) is 0 Å². The van der Waals surface area contributed by atoms with Gasteiger partial charge in [-0.2, -0.15) is 0 Å². The summed E-state index contributed by atoms with van der Waals surface area (Å²) < 4.78 is 24.1. The number of hydrogen-bond acceptors (Lipinski definition) is 5. The fourth-order valence-corrected chi connectivity index (χ4v) is 4.72. The predicted molar refractivity (Wildman–Crippen MR) is 81.9 cm³/mol. The Morgan fingerprint density at radius 1 is 1.55 bits per heavy atom. The molecule has 0 bridgehead atoms. The summed E-state index contributed by atoms with van der Waals surface area (Å²) in [5.74, 6) is -1.09. The van der Waals surface area contributed by atoms with E-state index in [2.05, 4.69) is 0 Å². The highest BCUT2D eigenvalue weighted by Gasteiger charge is 2.36. The van der Waals surface area contributed by atoms with Gasteiger partial charge in [0, 0.05) is 6.54 Å². The zero-order valence-corrected chi connectivity index (χ0v) is 13.3. The number of nitrogens with two attached hydrogens (primary N) is 1. The number of unbranched alkanes of at least 4 members (excludes halogenated alkanes) is 1. The molecule has 1 aromatic heterocycles. The van der Waals surface area contributed by atoms with Crippen molar-refractivity contribution in [1.82, 2.24) is 0 Å². The minimum absolute atomic E-state index is 0. The van der Waals surface area contributed by atoms with Crippen LogP contribution in [0.3, 0.4) is 0 Å². The molecule has 9 heteroatoms. The number of anilines is 1. The Hall–Kier alpha value is -1.12. The number of amidine groups is 1. The lowest BCUT2D eigenvalue weighted by atomic mass is 10.3. The largest absolute Gasteiger partial charge is 0.383 e. The van der Waals surface area contributed by atoms with E-state index in [1.807, 2.05) is 6.92 Å². The normalized spacial score (nSPS) is 16.4. The summed E-state index contributed by atoms with van der Waals surface area (Å²) in [6.07, 6.45) is 1.71. The molecular weight excluding hydrogens is 322 g/mol. The van der Waals surface area contributed by atoms with E-state index < -0.39 is 21.5 Å². The highest BCUT2D eigenvalue weighted by atomic mass is 35.5. The molecule has 112 valence electrons. The number of nitrogens with zero attached hydrogens (tertiary/aromatic N) is 1. The first-order valence-corrected chi connectivity index (χ1v) is 8.35. The SMILES string of the molecule is CCCCN1C(=O)CS(=O)(=O)c2sc(C(=N)N)cc21.Cl. The average molecular weight is 338 g/mol. The van der Waals surface area contributed by atoms with Crippen molar-refractivity contribution < 1.29 is 13.2 Å². The van der Waals surface area contributed by atoms with Gasteiger partial charge >= 0.3 is 0 Å². The van der Waals surface area contributed by atoms with E-state index in [4.69, 9.17) is 11.1 Å². The summed E-state index contributed by atoms with van der Waals surface area (Å²) in [4.78, 5) is 13.8. The number of carbonyl (C=O) groups excluding carboxylic acids is 1. The van der Waals surface area contributed by atoms with Gasteiger partial charge in [-0.25, -0.2) is 8.42 Å². The smallest absolute Gasteiger partial charge is 0.242 e. The molecule has 1 aromatic rings. The molecule has 0 unspecified atom stereocenters. The number of nitrogen functional groups attached to an aromatic ring is 1. The molecule has 2 heterocycles. The number of fused-ring (bicyclic) bond motifs is 1. The van der Waals surface area contributed by atoms with Gasteiger partial charge in [-0.05, 0) is 12.5 Å². The standard InChI is InChI=1S/C11H15N3O3S2.ClH/c1-2-3-4-14-7-5-8(10(12)13)18-11(7)19(16,17)6-9(14)15;/h5H,2-4,6H2,1H3,(H3,12,13);1H. The molecule has 20 heavy (non-hydrogen) atoms. The number of amides is 1. The summed E-state index contributed by atoms with van der Waals surface area (Å²) in [6.45, 7) is 2.49. The number of sulfone groups is 1. The number of thiophene rings is 1. The van der Waals surface area contributed by atoms with E-state index >= 15 is 0 Å². The summed E-state index contributed by atoms with van der Waals surface area (Å²) in [6, 6.07) is 1.52. The quantitative estimate of drug-likeness (QED) is 0.639. The second-order valence-electron chi connectivity index (χ2n) is 4.36. The number of carbonyl (C=O) groups is 1. The van der Waals surface area contributed by atoms with E-state index in [-0.39, 0.29) is 22.5 Å². The summed E-state index contributed by atoms with van der Waals surface area (Å²) >= 11 is 0.958. The monoisotopic (exact) mass is 337 g/mol. The molecule has 1 aliphatic heterocycles. The first kappa shape index (κ1) is 16.9. The van der Waals surface area contributed by atoms with Crippen molar-refractivity contribution in [1.29, 1.82) is 5.41 Å². The Labute approximate surface area is 127 Å². The van der Waals surface area contributed by atoms with Gasteiger partial charge in [0.2, 0.25) is 5.91 Å². The Kier molecular flexibility index (Phi) is 5.17. The predicted octanol–water partition coefficient (Wildman–Crippen LogP) is 1.37.